The Morgan fingerprint density at radius 3 is 2.28 bits per heavy atom. The van der Waals surface area contributed by atoms with Crippen molar-refractivity contribution in [3.8, 4) is 0 Å². The van der Waals surface area contributed by atoms with Gasteiger partial charge in [0.1, 0.15) is 0 Å². The number of carbonyl (C=O) groups is 1. The van der Waals surface area contributed by atoms with Gasteiger partial charge in [0.25, 0.3) is 0 Å². The van der Waals surface area contributed by atoms with Crippen molar-refractivity contribution in [1.82, 2.24) is 10.2 Å². The van der Waals surface area contributed by atoms with Gasteiger partial charge >= 0.3 is 0 Å². The monoisotopic (exact) mass is 299 g/mol. The standard InChI is InChI=1S/C12H25N3O.2ClH/c1-4-12(5-2,9-13)11(16)15(3)10-6-7-14-8-10;;/h10,14H,4-9,13H2,1-3H3;2*1H. The molecule has 1 fully saturated rings. The van der Waals surface area contributed by atoms with Crippen LogP contribution in [0, 0.1) is 5.41 Å². The first kappa shape index (κ1) is 20.3. The average Bonchev–Trinajstić information content (AvgIpc) is 2.84. The number of carbonyl (C=O) groups excluding carboxylic acids is 1. The van der Waals surface area contributed by atoms with Gasteiger partial charge in [-0.3, -0.25) is 4.79 Å². The van der Waals surface area contributed by atoms with Crippen LogP contribution >= 0.6 is 24.8 Å². The van der Waals surface area contributed by atoms with Crippen molar-refractivity contribution >= 4 is 30.7 Å². The summed E-state index contributed by atoms with van der Waals surface area (Å²) in [6, 6.07) is 0.344. The highest BCUT2D eigenvalue weighted by Crippen LogP contribution is 2.28. The summed E-state index contributed by atoms with van der Waals surface area (Å²) in [5.41, 5.74) is 5.45. The molecule has 1 atom stereocenters. The summed E-state index contributed by atoms with van der Waals surface area (Å²) in [4.78, 5) is 14.4. The van der Waals surface area contributed by atoms with E-state index >= 15 is 0 Å². The molecule has 1 unspecified atom stereocenters. The minimum Gasteiger partial charge on any atom is -0.341 e. The zero-order chi connectivity index (χ0) is 12.2. The van der Waals surface area contributed by atoms with Crippen LogP contribution in [0.1, 0.15) is 33.1 Å². The number of nitrogens with one attached hydrogen (secondary N) is 1. The number of amides is 1. The van der Waals surface area contributed by atoms with E-state index in [2.05, 4.69) is 19.2 Å². The quantitative estimate of drug-likeness (QED) is 0.807. The highest BCUT2D eigenvalue weighted by atomic mass is 35.5. The largest absolute Gasteiger partial charge is 0.341 e. The molecule has 0 aromatic heterocycles. The van der Waals surface area contributed by atoms with Crippen LogP contribution in [0.4, 0.5) is 0 Å². The Labute approximate surface area is 123 Å². The molecule has 0 aliphatic carbocycles. The lowest BCUT2D eigenvalue weighted by Gasteiger charge is -2.36. The van der Waals surface area contributed by atoms with Gasteiger partial charge in [0.2, 0.25) is 5.91 Å². The molecule has 0 saturated carbocycles. The number of hydrogen-bond acceptors (Lipinski definition) is 3. The van der Waals surface area contributed by atoms with E-state index in [-0.39, 0.29) is 36.1 Å². The maximum Gasteiger partial charge on any atom is 0.230 e. The molecule has 0 bridgehead atoms. The van der Waals surface area contributed by atoms with Crippen molar-refractivity contribution in [2.24, 2.45) is 11.1 Å². The number of halogens is 2. The molecule has 1 amide bonds. The molecule has 1 aliphatic rings. The van der Waals surface area contributed by atoms with Crippen LogP contribution in [0.15, 0.2) is 0 Å². The topological polar surface area (TPSA) is 58.4 Å². The molecule has 6 heteroatoms. The summed E-state index contributed by atoms with van der Waals surface area (Å²) in [5, 5.41) is 3.29. The van der Waals surface area contributed by atoms with E-state index in [1.54, 1.807) is 0 Å². The Kier molecular flexibility index (Phi) is 10.1. The van der Waals surface area contributed by atoms with Crippen LogP contribution in [0.5, 0.6) is 0 Å². The molecule has 1 saturated heterocycles. The first-order valence-electron chi connectivity index (χ1n) is 6.29. The maximum atomic E-state index is 12.5. The lowest BCUT2D eigenvalue weighted by atomic mass is 9.80. The fourth-order valence-corrected chi connectivity index (χ4v) is 2.44. The molecule has 0 spiro atoms. The second-order valence-corrected chi connectivity index (χ2v) is 4.75. The highest BCUT2D eigenvalue weighted by molar-refractivity contribution is 5.85. The molecule has 0 aromatic rings. The average molecular weight is 300 g/mol. The molecule has 110 valence electrons. The van der Waals surface area contributed by atoms with Crippen LogP contribution in [0.3, 0.4) is 0 Å². The van der Waals surface area contributed by atoms with Gasteiger partial charge in [0.05, 0.1) is 5.41 Å². The number of hydrogen-bond donors (Lipinski definition) is 2. The summed E-state index contributed by atoms with van der Waals surface area (Å²) in [6.45, 7) is 6.47. The fourth-order valence-electron chi connectivity index (χ4n) is 2.44. The Hall–Kier alpha value is -0.0300. The van der Waals surface area contributed by atoms with Gasteiger partial charge in [-0.25, -0.2) is 0 Å². The predicted molar refractivity (Wildman–Crippen MR) is 80.6 cm³/mol. The summed E-state index contributed by atoms with van der Waals surface area (Å²) in [5.74, 6) is 0.216. The second-order valence-electron chi connectivity index (χ2n) is 4.75. The van der Waals surface area contributed by atoms with E-state index in [4.69, 9.17) is 5.73 Å². The van der Waals surface area contributed by atoms with E-state index < -0.39 is 0 Å². The molecule has 1 heterocycles. The first-order valence-corrected chi connectivity index (χ1v) is 6.29. The summed E-state index contributed by atoms with van der Waals surface area (Å²) < 4.78 is 0. The van der Waals surface area contributed by atoms with Gasteiger partial charge in [-0.1, -0.05) is 13.8 Å². The van der Waals surface area contributed by atoms with E-state index in [0.717, 1.165) is 32.4 Å². The Bertz CT molecular complexity index is 233. The summed E-state index contributed by atoms with van der Waals surface area (Å²) >= 11 is 0. The van der Waals surface area contributed by atoms with Crippen molar-refractivity contribution in [3.63, 3.8) is 0 Å². The van der Waals surface area contributed by atoms with Gasteiger partial charge in [0, 0.05) is 26.2 Å². The lowest BCUT2D eigenvalue weighted by Crippen LogP contribution is -2.50. The Morgan fingerprint density at radius 2 is 1.94 bits per heavy atom. The maximum absolute atomic E-state index is 12.5. The molecular formula is C12H27Cl2N3O. The number of nitrogens with zero attached hydrogens (tertiary/aromatic N) is 1. The Balaban J connectivity index is 0. The van der Waals surface area contributed by atoms with Crippen LogP contribution in [-0.4, -0.2) is 43.5 Å². The van der Waals surface area contributed by atoms with Crippen molar-refractivity contribution in [2.75, 3.05) is 26.7 Å². The summed E-state index contributed by atoms with van der Waals surface area (Å²) in [6.07, 6.45) is 2.70. The van der Waals surface area contributed by atoms with E-state index in [9.17, 15) is 4.79 Å². The predicted octanol–water partition coefficient (Wildman–Crippen LogP) is 1.42. The van der Waals surface area contributed by atoms with Crippen molar-refractivity contribution < 1.29 is 4.79 Å². The number of rotatable bonds is 5. The van der Waals surface area contributed by atoms with E-state index in [0.29, 0.717) is 12.6 Å². The van der Waals surface area contributed by atoms with Gasteiger partial charge in [-0.2, -0.15) is 0 Å². The Morgan fingerprint density at radius 1 is 1.39 bits per heavy atom. The van der Waals surface area contributed by atoms with Crippen LogP contribution in [-0.2, 0) is 4.79 Å². The smallest absolute Gasteiger partial charge is 0.230 e. The molecule has 3 N–H and O–H groups in total. The molecule has 1 rings (SSSR count). The third-order valence-corrected chi connectivity index (χ3v) is 4.10. The zero-order valence-electron chi connectivity index (χ0n) is 11.6. The number of nitrogens with two attached hydrogens (primary N) is 1. The van der Waals surface area contributed by atoms with Gasteiger partial charge < -0.3 is 16.0 Å². The zero-order valence-corrected chi connectivity index (χ0v) is 13.2. The van der Waals surface area contributed by atoms with Crippen LogP contribution < -0.4 is 11.1 Å². The van der Waals surface area contributed by atoms with Gasteiger partial charge in [-0.05, 0) is 25.8 Å². The van der Waals surface area contributed by atoms with Gasteiger partial charge in [-0.15, -0.1) is 24.8 Å². The third kappa shape index (κ3) is 3.98. The number of likely N-dealkylation sites (N-methyl/N-ethyl adjacent to an activating group) is 1. The SMILES string of the molecule is CCC(CC)(CN)C(=O)N(C)C1CCNC1.Cl.Cl. The molecular weight excluding hydrogens is 273 g/mol. The lowest BCUT2D eigenvalue weighted by molar-refractivity contribution is -0.142. The first-order chi connectivity index (χ1) is 7.61. The fraction of sp³-hybridized carbons (Fsp3) is 0.917. The highest BCUT2D eigenvalue weighted by Gasteiger charge is 2.38. The normalized spacial score (nSPS) is 18.8. The molecule has 0 aromatic carbocycles. The van der Waals surface area contributed by atoms with E-state index in [1.165, 1.54) is 0 Å². The van der Waals surface area contributed by atoms with Gasteiger partial charge in [0.15, 0.2) is 0 Å². The molecule has 4 nitrogen and oxygen atoms in total. The molecule has 18 heavy (non-hydrogen) atoms. The third-order valence-electron chi connectivity index (χ3n) is 4.10. The van der Waals surface area contributed by atoms with Crippen molar-refractivity contribution in [2.45, 2.75) is 39.2 Å². The van der Waals surface area contributed by atoms with Crippen LogP contribution in [0.25, 0.3) is 0 Å². The second kappa shape index (κ2) is 8.97. The molecule has 0 radical (unpaired) electrons. The van der Waals surface area contributed by atoms with Crippen molar-refractivity contribution in [1.29, 1.82) is 0 Å². The van der Waals surface area contributed by atoms with Crippen LogP contribution in [0.2, 0.25) is 0 Å². The minimum atomic E-state index is -0.350. The van der Waals surface area contributed by atoms with E-state index in [1.807, 2.05) is 11.9 Å². The summed E-state index contributed by atoms with van der Waals surface area (Å²) in [7, 11) is 1.91. The minimum absolute atomic E-state index is 0. The molecule has 1 aliphatic heterocycles. The van der Waals surface area contributed by atoms with Crippen molar-refractivity contribution in [3.05, 3.63) is 0 Å².